The van der Waals surface area contributed by atoms with Gasteiger partial charge >= 0.3 is 0 Å². The summed E-state index contributed by atoms with van der Waals surface area (Å²) in [7, 11) is 0. The zero-order valence-corrected chi connectivity index (χ0v) is 69.4. The Balaban J connectivity index is 0.735. The van der Waals surface area contributed by atoms with Crippen LogP contribution in [0.2, 0.25) is 0 Å². The second kappa shape index (κ2) is 39.0. The molecule has 17 rings (SSSR count). The fraction of sp³-hybridized carbons (Fsp3) is 0.250. The minimum absolute atomic E-state index is 0.171. The Morgan fingerprint density at radius 2 is 0.447 bits per heavy atom. The normalized spacial score (nSPS) is 25.6. The van der Waals surface area contributed by atoms with E-state index >= 15 is 0 Å². The van der Waals surface area contributed by atoms with Gasteiger partial charge in [-0.25, -0.2) is 9.97 Å². The van der Waals surface area contributed by atoms with Gasteiger partial charge in [0.15, 0.2) is 0 Å². The molecule has 36 heteroatoms. The molecule has 132 heavy (non-hydrogen) atoms. The minimum atomic E-state index is -1.67. The number of nitrogens with one attached hydrogen (secondary N) is 6. The lowest BCUT2D eigenvalue weighted by molar-refractivity contribution is -0.277. The summed E-state index contributed by atoms with van der Waals surface area (Å²) in [6, 6.07) is 59.1. The predicted octanol–water partition coefficient (Wildman–Crippen LogP) is 5.05. The van der Waals surface area contributed by atoms with Gasteiger partial charge in [-0.15, -0.1) is 0 Å². The Morgan fingerprint density at radius 1 is 0.258 bits per heavy atom. The SMILES string of the molecule is O=C(Nc1ccc(O[C@@H]2O[C@H](CO)[C@H](O)[C@H](O)[C@H]2O)cc1)c1ccc(-c2c3nc(c(-c4ccc(C(=O)Nc5ccc(O[C@@H]6O[C@H](CO)[C@H](O)[C@H](O)[C@H]6O)cc5)cc4)c4ccc([nH]4)c(-c4ccc(C(=O)Nc5ccc(O[C@@H]6O[C@H](CO)[C@H](O)[C@H](O)[C@H]6O)cc5)cc4)c4nc(c(-c5ccc(C(=O)Nc6ccc(O[C@@H]7O[C@H](CO)[C@H](O)[C@H](O)[C@H]7O)cc6)cc5)c5ccc2[nH]5)C=C4)C=C3)cc1. The number of amides is 4. The van der Waals surface area contributed by atoms with Crippen LogP contribution in [0.1, 0.15) is 64.2 Å². The first kappa shape index (κ1) is 90.6. The molecular formula is C96H90N8O28. The molecule has 6 aliphatic heterocycles. The summed E-state index contributed by atoms with van der Waals surface area (Å²) in [5.41, 5.74) is 11.0. The van der Waals surface area contributed by atoms with Crippen molar-refractivity contribution in [3.63, 3.8) is 0 Å². The number of carbonyl (C=O) groups excluding carboxylic acids is 4. The van der Waals surface area contributed by atoms with Gasteiger partial charge in [-0.1, -0.05) is 48.5 Å². The molecule has 3 aromatic heterocycles. The third kappa shape index (κ3) is 19.0. The standard InChI is InChI=1S/C96H90N8O28/c105-41-69-77(109)81(113)85(117)93(129-69)125-57-25-17-53(18-26-57)97-89(121)49-9-1-45(2-10-49)73-61-33-35-63(101-61)74(46-3-11-50(12-4-46)90(122)98-54-19-27-58(28-20-54)126-94-86(118)82(114)78(110)70(42-106)130-94)65-37-39-67(103-65)76(48-7-15-52(16-8-48)92(124)100-56-23-31-60(32-24-56)128-96-88(120)84(116)80(112)72(44-108)132-96)68-40-38-66(104-68)75(64-36-34-62(73)102-64)47-5-13-51(14-6-47)91(123)99-55-21-29-59(30-22-55)127-95-87(119)83(115)79(111)71(43-107)131-95/h1-40,69-72,77-88,93-96,101,104-120H,41-44H2,(H,97,121)(H,98,122)(H,99,123)(H,100,124)/t69-,70-,71-,72-,77+,78+,79+,80+,81+,82+,83+,84+,85-,86-,87-,88-,93-,94-,95-,96-/m1/s1. The number of carbonyl (C=O) groups is 4. The van der Waals surface area contributed by atoms with E-state index in [1.807, 2.05) is 48.6 Å². The molecule has 0 spiro atoms. The van der Waals surface area contributed by atoms with Crippen LogP contribution in [0.3, 0.4) is 0 Å². The van der Waals surface area contributed by atoms with Crippen LogP contribution >= 0.6 is 0 Å². The lowest BCUT2D eigenvalue weighted by Gasteiger charge is -2.39. The molecule has 8 aromatic carbocycles. The van der Waals surface area contributed by atoms with Crippen molar-refractivity contribution in [3.05, 3.63) is 263 Å². The highest BCUT2D eigenvalue weighted by Crippen LogP contribution is 2.41. The van der Waals surface area contributed by atoms with E-state index in [1.54, 1.807) is 146 Å². The summed E-state index contributed by atoms with van der Waals surface area (Å²) in [6.07, 6.45) is -22.9. The summed E-state index contributed by atoms with van der Waals surface area (Å²) >= 11 is 0. The Morgan fingerprint density at radius 3 is 0.629 bits per heavy atom. The zero-order valence-electron chi connectivity index (χ0n) is 69.4. The van der Waals surface area contributed by atoms with Crippen LogP contribution in [0.4, 0.5) is 22.7 Å². The monoisotopic (exact) mass is 1800 g/mol. The number of rotatable bonds is 24. The van der Waals surface area contributed by atoms with E-state index in [2.05, 4.69) is 31.2 Å². The number of anilines is 4. The predicted molar refractivity (Wildman–Crippen MR) is 476 cm³/mol. The third-order valence-electron chi connectivity index (χ3n) is 23.3. The number of aliphatic hydroxyl groups excluding tert-OH is 16. The van der Waals surface area contributed by atoms with E-state index in [0.29, 0.717) is 112 Å². The lowest BCUT2D eigenvalue weighted by Crippen LogP contribution is -2.60. The van der Waals surface area contributed by atoms with Gasteiger partial charge in [-0.3, -0.25) is 19.2 Å². The maximum atomic E-state index is 14.2. The maximum Gasteiger partial charge on any atom is 0.255 e. The van der Waals surface area contributed by atoms with Crippen molar-refractivity contribution in [2.24, 2.45) is 0 Å². The molecule has 4 saturated heterocycles. The van der Waals surface area contributed by atoms with Crippen molar-refractivity contribution >= 4 is 92.7 Å². The molecule has 682 valence electrons. The van der Waals surface area contributed by atoms with E-state index < -0.39 is 173 Å². The molecule has 4 amide bonds. The van der Waals surface area contributed by atoms with Crippen LogP contribution < -0.4 is 40.2 Å². The number of fused-ring (bicyclic) bond motifs is 8. The molecule has 0 aliphatic carbocycles. The van der Waals surface area contributed by atoms with Gasteiger partial charge in [0.25, 0.3) is 23.6 Å². The van der Waals surface area contributed by atoms with Gasteiger partial charge in [0, 0.05) is 89.3 Å². The molecule has 0 unspecified atom stereocenters. The number of aromatic nitrogens is 4. The van der Waals surface area contributed by atoms with Gasteiger partial charge < -0.3 is 151 Å². The molecule has 8 bridgehead atoms. The molecule has 20 atom stereocenters. The second-order valence-corrected chi connectivity index (χ2v) is 32.0. The van der Waals surface area contributed by atoms with Gasteiger partial charge in [0.2, 0.25) is 25.2 Å². The smallest absolute Gasteiger partial charge is 0.255 e. The van der Waals surface area contributed by atoms with E-state index in [0.717, 1.165) is 0 Å². The fourth-order valence-corrected chi connectivity index (χ4v) is 16.0. The number of hydrogen-bond acceptors (Lipinski definition) is 30. The number of ether oxygens (including phenoxy) is 8. The van der Waals surface area contributed by atoms with Gasteiger partial charge in [0.05, 0.1) is 49.2 Å². The topological polar surface area (TPSA) is 571 Å². The minimum Gasteiger partial charge on any atom is -0.462 e. The van der Waals surface area contributed by atoms with Crippen LogP contribution in [0.15, 0.2) is 218 Å². The van der Waals surface area contributed by atoms with Crippen LogP contribution in [0.5, 0.6) is 23.0 Å². The van der Waals surface area contributed by atoms with Crippen molar-refractivity contribution in [3.8, 4) is 67.5 Å². The lowest BCUT2D eigenvalue weighted by atomic mass is 9.99. The van der Waals surface area contributed by atoms with Gasteiger partial charge in [0.1, 0.15) is 121 Å². The van der Waals surface area contributed by atoms with Crippen LogP contribution in [-0.4, -0.2) is 275 Å². The molecule has 4 fully saturated rings. The molecule has 6 aliphatic rings. The van der Waals surface area contributed by atoms with Crippen molar-refractivity contribution < 1.29 is 139 Å². The average Bonchev–Trinajstić information content (AvgIpc) is 1.60. The van der Waals surface area contributed by atoms with Crippen LogP contribution in [0, 0.1) is 0 Å². The first-order valence-corrected chi connectivity index (χ1v) is 41.9. The fourth-order valence-electron chi connectivity index (χ4n) is 16.0. The quantitative estimate of drug-likeness (QED) is 0.0376. The zero-order chi connectivity index (χ0) is 92.4. The number of aromatic amines is 2. The molecule has 22 N–H and O–H groups in total. The number of hydrogen-bond donors (Lipinski definition) is 22. The molecule has 0 radical (unpaired) electrons. The number of aliphatic hydroxyl groups is 16. The molecule has 9 heterocycles. The second-order valence-electron chi connectivity index (χ2n) is 32.0. The van der Waals surface area contributed by atoms with Gasteiger partial charge in [-0.05, 0) is 216 Å². The van der Waals surface area contributed by atoms with E-state index in [1.165, 1.54) is 48.5 Å². The van der Waals surface area contributed by atoms with Crippen LogP contribution in [-0.2, 0) is 18.9 Å². The van der Waals surface area contributed by atoms with Crippen molar-refractivity contribution in [1.82, 2.24) is 19.9 Å². The molecule has 0 saturated carbocycles. The maximum absolute atomic E-state index is 14.2. The Kier molecular flexibility index (Phi) is 26.7. The summed E-state index contributed by atoms with van der Waals surface area (Å²) in [5.74, 6) is -1.30. The highest BCUT2D eigenvalue weighted by atomic mass is 16.7. The van der Waals surface area contributed by atoms with E-state index in [4.69, 9.17) is 47.9 Å². The van der Waals surface area contributed by atoms with Gasteiger partial charge in [-0.2, -0.15) is 0 Å². The number of H-pyrrole nitrogens is 2. The largest absolute Gasteiger partial charge is 0.462 e. The number of benzene rings is 8. The summed E-state index contributed by atoms with van der Waals surface area (Å²) < 4.78 is 45.2. The average molecular weight is 1800 g/mol. The highest BCUT2D eigenvalue weighted by molar-refractivity contribution is 6.09. The number of nitrogens with zero attached hydrogens (tertiary/aromatic N) is 2. The Labute approximate surface area is 749 Å². The summed E-state index contributed by atoms with van der Waals surface area (Å²) in [6.45, 7) is -2.62. The molecular weight excluding hydrogens is 1710 g/mol. The summed E-state index contributed by atoms with van der Waals surface area (Å²) in [5, 5.41) is 176. The van der Waals surface area contributed by atoms with Crippen molar-refractivity contribution in [1.29, 1.82) is 0 Å². The van der Waals surface area contributed by atoms with E-state index in [-0.39, 0.29) is 45.3 Å². The first-order chi connectivity index (χ1) is 63.8. The highest BCUT2D eigenvalue weighted by Gasteiger charge is 2.49. The Bertz CT molecular complexity index is 5520. The Hall–Kier alpha value is -13.4. The summed E-state index contributed by atoms with van der Waals surface area (Å²) in [4.78, 5) is 75.1. The third-order valence-corrected chi connectivity index (χ3v) is 23.3. The van der Waals surface area contributed by atoms with Crippen molar-refractivity contribution in [2.45, 2.75) is 123 Å². The van der Waals surface area contributed by atoms with E-state index in [9.17, 15) is 101 Å². The first-order valence-electron chi connectivity index (χ1n) is 41.9. The molecule has 11 aromatic rings. The van der Waals surface area contributed by atoms with Crippen molar-refractivity contribution in [2.75, 3.05) is 47.7 Å². The molecule has 36 nitrogen and oxygen atoms in total. The van der Waals surface area contributed by atoms with Crippen LogP contribution in [0.25, 0.3) is 90.9 Å².